The van der Waals surface area contributed by atoms with Crippen molar-refractivity contribution in [1.29, 1.82) is 0 Å². The summed E-state index contributed by atoms with van der Waals surface area (Å²) < 4.78 is 6.49. The lowest BCUT2D eigenvalue weighted by Crippen LogP contribution is -2.49. The minimum atomic E-state index is -0.284. The van der Waals surface area contributed by atoms with Gasteiger partial charge in [-0.05, 0) is 36.8 Å². The first-order valence-corrected chi connectivity index (χ1v) is 11.8. The summed E-state index contributed by atoms with van der Waals surface area (Å²) in [6, 6.07) is 13.8. The van der Waals surface area contributed by atoms with Crippen molar-refractivity contribution in [1.82, 2.24) is 20.1 Å². The maximum absolute atomic E-state index is 12.3. The van der Waals surface area contributed by atoms with Gasteiger partial charge in [-0.1, -0.05) is 18.2 Å². The first kappa shape index (κ1) is 23.2. The largest absolute Gasteiger partial charge is 0.495 e. The summed E-state index contributed by atoms with van der Waals surface area (Å²) in [4.78, 5) is 33.8. The zero-order chi connectivity index (χ0) is 23.2. The molecular weight excluding hydrogens is 438 g/mol. The molecule has 2 aromatic carbocycles. The number of nitrogens with one attached hydrogen (secondary N) is 2. The Labute approximate surface area is 197 Å². The monoisotopic (exact) mass is 467 g/mol. The number of nitrogens with zero attached hydrogens (tertiary/aromatic N) is 3. The molecule has 0 atom stereocenters. The van der Waals surface area contributed by atoms with Crippen LogP contribution in [0.25, 0.3) is 10.2 Å². The van der Waals surface area contributed by atoms with Gasteiger partial charge in [0, 0.05) is 26.2 Å². The summed E-state index contributed by atoms with van der Waals surface area (Å²) in [5, 5.41) is 6.63. The van der Waals surface area contributed by atoms with Gasteiger partial charge in [0.05, 0.1) is 42.6 Å². The highest BCUT2D eigenvalue weighted by Crippen LogP contribution is 2.25. The van der Waals surface area contributed by atoms with Crippen LogP contribution in [0.1, 0.15) is 10.6 Å². The minimum Gasteiger partial charge on any atom is -0.495 e. The van der Waals surface area contributed by atoms with Crippen LogP contribution < -0.4 is 15.4 Å². The molecule has 33 heavy (non-hydrogen) atoms. The molecule has 1 aliphatic heterocycles. The fraction of sp³-hybridized carbons (Fsp3) is 0.375. The van der Waals surface area contributed by atoms with E-state index in [9.17, 15) is 9.59 Å². The normalized spacial score (nSPS) is 14.8. The lowest BCUT2D eigenvalue weighted by Gasteiger charge is -2.33. The summed E-state index contributed by atoms with van der Waals surface area (Å²) in [6.45, 7) is 6.38. The van der Waals surface area contributed by atoms with Crippen molar-refractivity contribution in [3.8, 4) is 5.75 Å². The molecule has 0 spiro atoms. The Morgan fingerprint density at radius 3 is 2.58 bits per heavy atom. The molecule has 2 N–H and O–H groups in total. The van der Waals surface area contributed by atoms with E-state index >= 15 is 0 Å². The number of carbonyl (C=O) groups excluding carboxylic acids is 2. The van der Waals surface area contributed by atoms with E-state index in [0.29, 0.717) is 11.4 Å². The van der Waals surface area contributed by atoms with Gasteiger partial charge in [-0.25, -0.2) is 4.98 Å². The minimum absolute atomic E-state index is 0.0759. The van der Waals surface area contributed by atoms with Crippen molar-refractivity contribution in [2.45, 2.75) is 13.5 Å². The molecule has 2 heterocycles. The highest BCUT2D eigenvalue weighted by atomic mass is 32.1. The van der Waals surface area contributed by atoms with Gasteiger partial charge in [-0.15, -0.1) is 11.3 Å². The first-order valence-electron chi connectivity index (χ1n) is 11.0. The van der Waals surface area contributed by atoms with Crippen LogP contribution in [0.5, 0.6) is 5.75 Å². The van der Waals surface area contributed by atoms with Gasteiger partial charge in [-0.3, -0.25) is 19.4 Å². The Bertz CT molecular complexity index is 1090. The van der Waals surface area contributed by atoms with Gasteiger partial charge in [0.25, 0.3) is 0 Å². The molecule has 1 aromatic heterocycles. The van der Waals surface area contributed by atoms with Crippen molar-refractivity contribution < 1.29 is 14.3 Å². The molecule has 2 amide bonds. The predicted octanol–water partition coefficient (Wildman–Crippen LogP) is 2.49. The van der Waals surface area contributed by atoms with Crippen LogP contribution in [0.3, 0.4) is 0 Å². The Kier molecular flexibility index (Phi) is 7.54. The van der Waals surface area contributed by atoms with Crippen molar-refractivity contribution in [3.63, 3.8) is 0 Å². The van der Waals surface area contributed by atoms with Gasteiger partial charge in [0.2, 0.25) is 11.8 Å². The molecule has 0 unspecified atom stereocenters. The Morgan fingerprint density at radius 2 is 1.82 bits per heavy atom. The molecule has 0 aliphatic carbocycles. The molecule has 1 saturated heterocycles. The Morgan fingerprint density at radius 1 is 1.06 bits per heavy atom. The third-order valence-corrected chi connectivity index (χ3v) is 6.63. The maximum Gasteiger partial charge on any atom is 0.243 e. The van der Waals surface area contributed by atoms with E-state index in [1.165, 1.54) is 4.70 Å². The summed E-state index contributed by atoms with van der Waals surface area (Å²) in [6.07, 6.45) is 0. The Hall–Kier alpha value is -3.01. The predicted molar refractivity (Wildman–Crippen MR) is 131 cm³/mol. The van der Waals surface area contributed by atoms with Crippen molar-refractivity contribution >= 4 is 39.1 Å². The number of piperazine rings is 1. The lowest BCUT2D eigenvalue weighted by atomic mass is 10.2. The molecule has 1 aliphatic rings. The quantitative estimate of drug-likeness (QED) is 0.529. The number of methoxy groups -OCH3 is 1. The van der Waals surface area contributed by atoms with Crippen molar-refractivity contribution in [2.75, 3.05) is 51.7 Å². The van der Waals surface area contributed by atoms with Gasteiger partial charge in [0.1, 0.15) is 10.8 Å². The zero-order valence-corrected chi connectivity index (χ0v) is 19.8. The van der Waals surface area contributed by atoms with E-state index < -0.39 is 0 Å². The number of carbonyl (C=O) groups is 2. The molecule has 8 nitrogen and oxygen atoms in total. The van der Waals surface area contributed by atoms with E-state index in [1.54, 1.807) is 24.5 Å². The third kappa shape index (κ3) is 6.28. The second kappa shape index (κ2) is 10.7. The topological polar surface area (TPSA) is 86.8 Å². The van der Waals surface area contributed by atoms with Crippen LogP contribution >= 0.6 is 11.3 Å². The SMILES string of the molecule is COc1ccc(C)cc1NC(=O)CNC(=O)CN1CCN(Cc2nc3ccccc3s2)CC1. The molecule has 4 rings (SSSR count). The number of fused-ring (bicyclic) bond motifs is 1. The molecule has 0 saturated carbocycles. The first-order chi connectivity index (χ1) is 16.0. The number of para-hydroxylation sites is 1. The van der Waals surface area contributed by atoms with Gasteiger partial charge in [-0.2, -0.15) is 0 Å². The fourth-order valence-corrected chi connectivity index (χ4v) is 4.85. The number of hydrogen-bond donors (Lipinski definition) is 2. The number of thiazole rings is 1. The van der Waals surface area contributed by atoms with Crippen LogP contribution in [0.4, 0.5) is 5.69 Å². The van der Waals surface area contributed by atoms with E-state index in [0.717, 1.165) is 48.8 Å². The van der Waals surface area contributed by atoms with E-state index in [1.807, 2.05) is 37.3 Å². The number of rotatable bonds is 8. The third-order valence-electron chi connectivity index (χ3n) is 5.60. The van der Waals surface area contributed by atoms with Crippen LogP contribution in [-0.4, -0.2) is 73.0 Å². The van der Waals surface area contributed by atoms with E-state index in [2.05, 4.69) is 26.5 Å². The second-order valence-electron chi connectivity index (χ2n) is 8.16. The molecule has 9 heteroatoms. The molecule has 3 aromatic rings. The van der Waals surface area contributed by atoms with Crippen LogP contribution in [0.2, 0.25) is 0 Å². The molecule has 1 fully saturated rings. The summed E-state index contributed by atoms with van der Waals surface area (Å²) in [5.41, 5.74) is 2.66. The van der Waals surface area contributed by atoms with Crippen LogP contribution in [0, 0.1) is 6.92 Å². The number of aromatic nitrogens is 1. The number of aryl methyl sites for hydroxylation is 1. The van der Waals surface area contributed by atoms with Gasteiger partial charge in [0.15, 0.2) is 0 Å². The van der Waals surface area contributed by atoms with E-state index in [4.69, 9.17) is 9.72 Å². The van der Waals surface area contributed by atoms with Crippen molar-refractivity contribution in [2.24, 2.45) is 0 Å². The fourth-order valence-electron chi connectivity index (χ4n) is 3.84. The summed E-state index contributed by atoms with van der Waals surface area (Å²) in [5.74, 6) is 0.151. The van der Waals surface area contributed by atoms with Crippen LogP contribution in [0.15, 0.2) is 42.5 Å². The van der Waals surface area contributed by atoms with Crippen molar-refractivity contribution in [3.05, 3.63) is 53.0 Å². The number of anilines is 1. The van der Waals surface area contributed by atoms with E-state index in [-0.39, 0.29) is 24.9 Å². The maximum atomic E-state index is 12.3. The average Bonchev–Trinajstić information content (AvgIpc) is 3.21. The highest BCUT2D eigenvalue weighted by Gasteiger charge is 2.20. The Balaban J connectivity index is 1.18. The average molecular weight is 468 g/mol. The second-order valence-corrected chi connectivity index (χ2v) is 9.27. The summed E-state index contributed by atoms with van der Waals surface area (Å²) in [7, 11) is 1.56. The molecular formula is C24H29N5O3S. The number of benzene rings is 2. The van der Waals surface area contributed by atoms with Gasteiger partial charge >= 0.3 is 0 Å². The molecule has 0 radical (unpaired) electrons. The molecule has 0 bridgehead atoms. The standard InChI is InChI=1S/C24H29N5O3S/c1-17-7-8-20(32-2)19(13-17)26-22(30)14-25-23(31)15-28-9-11-29(12-10-28)16-24-27-18-5-3-4-6-21(18)33-24/h3-8,13H,9-12,14-16H2,1-2H3,(H,25,31)(H,26,30). The zero-order valence-electron chi connectivity index (χ0n) is 19.0. The lowest BCUT2D eigenvalue weighted by molar-refractivity contribution is -0.125. The smallest absolute Gasteiger partial charge is 0.243 e. The molecule has 174 valence electrons. The number of amides is 2. The summed E-state index contributed by atoms with van der Waals surface area (Å²) >= 11 is 1.74. The highest BCUT2D eigenvalue weighted by molar-refractivity contribution is 7.18. The number of hydrogen-bond acceptors (Lipinski definition) is 7. The number of ether oxygens (including phenoxy) is 1. The van der Waals surface area contributed by atoms with Crippen LogP contribution in [-0.2, 0) is 16.1 Å². The van der Waals surface area contributed by atoms with Gasteiger partial charge < -0.3 is 15.4 Å².